The Morgan fingerprint density at radius 3 is 2.38 bits per heavy atom. The van der Waals surface area contributed by atoms with Crippen LogP contribution in [0.15, 0.2) is 24.3 Å². The van der Waals surface area contributed by atoms with Gasteiger partial charge < -0.3 is 10.1 Å². The summed E-state index contributed by atoms with van der Waals surface area (Å²) in [7, 11) is 0. The number of hydrogen-bond acceptors (Lipinski definition) is 4. The number of nitrogens with one attached hydrogen (secondary N) is 1. The molecule has 0 aromatic heterocycles. The molecule has 0 spiro atoms. The molecule has 5 heteroatoms. The summed E-state index contributed by atoms with van der Waals surface area (Å²) < 4.78 is 5.52. The highest BCUT2D eigenvalue weighted by atomic mass is 16.6. The third-order valence-corrected chi connectivity index (χ3v) is 3.30. The van der Waals surface area contributed by atoms with Crippen LogP contribution >= 0.6 is 0 Å². The van der Waals surface area contributed by atoms with E-state index in [1.165, 1.54) is 50.7 Å². The molecule has 0 aliphatic rings. The van der Waals surface area contributed by atoms with Crippen LogP contribution < -0.4 is 10.1 Å². The molecule has 0 radical (unpaired) electrons. The highest BCUT2D eigenvalue weighted by molar-refractivity contribution is 5.35. The van der Waals surface area contributed by atoms with E-state index in [1.54, 1.807) is 12.1 Å². The summed E-state index contributed by atoms with van der Waals surface area (Å²) in [5, 5.41) is 13.9. The lowest BCUT2D eigenvalue weighted by atomic mass is 10.1. The van der Waals surface area contributed by atoms with E-state index >= 15 is 0 Å². The van der Waals surface area contributed by atoms with E-state index in [1.807, 2.05) is 0 Å². The Balaban J connectivity index is 1.98. The summed E-state index contributed by atoms with van der Waals surface area (Å²) in [4.78, 5) is 10.1. The minimum absolute atomic E-state index is 0.0866. The Kier molecular flexibility index (Phi) is 9.20. The van der Waals surface area contributed by atoms with Crippen molar-refractivity contribution in [3.05, 3.63) is 34.4 Å². The van der Waals surface area contributed by atoms with Gasteiger partial charge in [0.25, 0.3) is 5.69 Å². The second kappa shape index (κ2) is 11.1. The van der Waals surface area contributed by atoms with Crippen LogP contribution in [0.3, 0.4) is 0 Å². The van der Waals surface area contributed by atoms with Crippen LogP contribution in [-0.2, 0) is 0 Å². The predicted octanol–water partition coefficient (Wildman–Crippen LogP) is 3.92. The third-order valence-electron chi connectivity index (χ3n) is 3.30. The molecule has 118 valence electrons. The molecule has 0 fully saturated rings. The van der Waals surface area contributed by atoms with Gasteiger partial charge in [-0.15, -0.1) is 0 Å². The molecular weight excluding hydrogens is 268 g/mol. The quantitative estimate of drug-likeness (QED) is 0.360. The number of non-ortho nitro benzene ring substituents is 1. The molecule has 0 unspecified atom stereocenters. The molecule has 0 aliphatic heterocycles. The van der Waals surface area contributed by atoms with E-state index in [2.05, 4.69) is 12.2 Å². The van der Waals surface area contributed by atoms with Crippen molar-refractivity contribution < 1.29 is 9.66 Å². The van der Waals surface area contributed by atoms with E-state index < -0.39 is 4.92 Å². The van der Waals surface area contributed by atoms with E-state index in [4.69, 9.17) is 4.74 Å². The van der Waals surface area contributed by atoms with E-state index in [9.17, 15) is 10.1 Å². The van der Waals surface area contributed by atoms with E-state index in [0.29, 0.717) is 12.4 Å². The molecular formula is C16H26N2O3. The van der Waals surface area contributed by atoms with Gasteiger partial charge >= 0.3 is 0 Å². The Morgan fingerprint density at radius 2 is 1.71 bits per heavy atom. The highest BCUT2D eigenvalue weighted by Crippen LogP contribution is 2.16. The van der Waals surface area contributed by atoms with Crippen LogP contribution in [-0.4, -0.2) is 24.6 Å². The molecule has 1 N–H and O–H groups in total. The zero-order valence-corrected chi connectivity index (χ0v) is 12.8. The fraction of sp³-hybridized carbons (Fsp3) is 0.625. The van der Waals surface area contributed by atoms with Gasteiger partial charge in [0.05, 0.1) is 4.92 Å². The van der Waals surface area contributed by atoms with Gasteiger partial charge in [-0.05, 0) is 25.1 Å². The van der Waals surface area contributed by atoms with Crippen molar-refractivity contribution in [2.75, 3.05) is 19.7 Å². The maximum atomic E-state index is 10.5. The van der Waals surface area contributed by atoms with Gasteiger partial charge in [0.1, 0.15) is 12.4 Å². The Bertz CT molecular complexity index is 393. The molecule has 0 bridgehead atoms. The van der Waals surface area contributed by atoms with E-state index in [0.717, 1.165) is 13.1 Å². The number of unbranched alkanes of at least 4 members (excludes halogenated alkanes) is 5. The van der Waals surface area contributed by atoms with Gasteiger partial charge in [-0.25, -0.2) is 0 Å². The first-order chi connectivity index (χ1) is 10.2. The lowest BCUT2D eigenvalue weighted by Crippen LogP contribution is -2.22. The third kappa shape index (κ3) is 8.30. The van der Waals surface area contributed by atoms with Crippen LogP contribution in [0.2, 0.25) is 0 Å². The average Bonchev–Trinajstić information content (AvgIpc) is 2.49. The van der Waals surface area contributed by atoms with Crippen LogP contribution in [0.4, 0.5) is 5.69 Å². The fourth-order valence-corrected chi connectivity index (χ4v) is 2.06. The number of nitro benzene ring substituents is 1. The number of nitrogens with zero attached hydrogens (tertiary/aromatic N) is 1. The standard InChI is InChI=1S/C16H26N2O3/c1-2-3-4-5-6-7-12-17-13-14-21-16-10-8-15(9-11-16)18(19)20/h8-11,17H,2-7,12-14H2,1H3. The molecule has 1 aromatic carbocycles. The van der Waals surface area contributed by atoms with Crippen molar-refractivity contribution in [1.82, 2.24) is 5.32 Å². The van der Waals surface area contributed by atoms with Crippen molar-refractivity contribution in [1.29, 1.82) is 0 Å². The topological polar surface area (TPSA) is 64.4 Å². The summed E-state index contributed by atoms with van der Waals surface area (Å²) in [5.41, 5.74) is 0.0866. The number of rotatable bonds is 12. The largest absolute Gasteiger partial charge is 0.492 e. The molecule has 21 heavy (non-hydrogen) atoms. The van der Waals surface area contributed by atoms with Crippen LogP contribution in [0.5, 0.6) is 5.75 Å². The molecule has 0 amide bonds. The van der Waals surface area contributed by atoms with Gasteiger partial charge in [-0.1, -0.05) is 39.0 Å². The zero-order chi connectivity index (χ0) is 15.3. The molecule has 0 heterocycles. The van der Waals surface area contributed by atoms with Gasteiger partial charge in [-0.2, -0.15) is 0 Å². The van der Waals surface area contributed by atoms with Gasteiger partial charge in [0.2, 0.25) is 0 Å². The lowest BCUT2D eigenvalue weighted by molar-refractivity contribution is -0.384. The number of hydrogen-bond donors (Lipinski definition) is 1. The minimum atomic E-state index is -0.411. The van der Waals surface area contributed by atoms with Gasteiger partial charge in [0, 0.05) is 18.7 Å². The van der Waals surface area contributed by atoms with E-state index in [-0.39, 0.29) is 5.69 Å². The molecule has 0 atom stereocenters. The summed E-state index contributed by atoms with van der Waals surface area (Å²) in [6.45, 7) is 4.63. The highest BCUT2D eigenvalue weighted by Gasteiger charge is 2.03. The molecule has 0 saturated carbocycles. The van der Waals surface area contributed by atoms with Crippen molar-refractivity contribution in [2.24, 2.45) is 0 Å². The van der Waals surface area contributed by atoms with Crippen LogP contribution in [0, 0.1) is 10.1 Å². The number of ether oxygens (including phenoxy) is 1. The van der Waals surface area contributed by atoms with Crippen LogP contribution in [0.1, 0.15) is 45.4 Å². The zero-order valence-electron chi connectivity index (χ0n) is 12.8. The molecule has 0 saturated heterocycles. The smallest absolute Gasteiger partial charge is 0.269 e. The second-order valence-corrected chi connectivity index (χ2v) is 5.12. The fourth-order valence-electron chi connectivity index (χ4n) is 2.06. The van der Waals surface area contributed by atoms with Crippen molar-refractivity contribution in [2.45, 2.75) is 45.4 Å². The Morgan fingerprint density at radius 1 is 1.05 bits per heavy atom. The van der Waals surface area contributed by atoms with Crippen molar-refractivity contribution in [3.63, 3.8) is 0 Å². The second-order valence-electron chi connectivity index (χ2n) is 5.12. The summed E-state index contributed by atoms with van der Waals surface area (Å²) in [6, 6.07) is 6.18. The molecule has 1 rings (SSSR count). The first kappa shape index (κ1) is 17.4. The Hall–Kier alpha value is -1.62. The van der Waals surface area contributed by atoms with Gasteiger partial charge in [0.15, 0.2) is 0 Å². The Labute approximate surface area is 126 Å². The molecule has 5 nitrogen and oxygen atoms in total. The minimum Gasteiger partial charge on any atom is -0.492 e. The lowest BCUT2D eigenvalue weighted by Gasteiger charge is -2.07. The molecule has 0 aliphatic carbocycles. The monoisotopic (exact) mass is 294 g/mol. The normalized spacial score (nSPS) is 10.5. The van der Waals surface area contributed by atoms with Crippen LogP contribution in [0.25, 0.3) is 0 Å². The number of benzene rings is 1. The maximum Gasteiger partial charge on any atom is 0.269 e. The van der Waals surface area contributed by atoms with Crippen molar-refractivity contribution in [3.8, 4) is 5.75 Å². The SMILES string of the molecule is CCCCCCCCNCCOc1ccc([N+](=O)[O-])cc1. The first-order valence-electron chi connectivity index (χ1n) is 7.82. The summed E-state index contributed by atoms with van der Waals surface area (Å²) in [6.07, 6.45) is 7.81. The summed E-state index contributed by atoms with van der Waals surface area (Å²) in [5.74, 6) is 0.668. The maximum absolute atomic E-state index is 10.5. The molecule has 1 aromatic rings. The average molecular weight is 294 g/mol. The van der Waals surface area contributed by atoms with Gasteiger partial charge in [-0.3, -0.25) is 10.1 Å². The number of nitro groups is 1. The first-order valence-corrected chi connectivity index (χ1v) is 7.82. The predicted molar refractivity (Wildman–Crippen MR) is 84.8 cm³/mol. The van der Waals surface area contributed by atoms with Crippen molar-refractivity contribution >= 4 is 5.69 Å². The summed E-state index contributed by atoms with van der Waals surface area (Å²) >= 11 is 0.